The van der Waals surface area contributed by atoms with Gasteiger partial charge in [0.25, 0.3) is 0 Å². The molecule has 202 valence electrons. The Hall–Kier alpha value is -3.23. The van der Waals surface area contributed by atoms with Crippen LogP contribution in [-0.2, 0) is 30.4 Å². The number of hydrogen-bond acceptors (Lipinski definition) is 8. The van der Waals surface area contributed by atoms with Gasteiger partial charge >= 0.3 is 11.9 Å². The third-order valence-electron chi connectivity index (χ3n) is 5.51. The van der Waals surface area contributed by atoms with Crippen molar-refractivity contribution in [1.82, 2.24) is 20.9 Å². The monoisotopic (exact) mass is 553 g/mol. The molecule has 4 atom stereocenters. The molecule has 1 heterocycles. The second-order valence-electron chi connectivity index (χ2n) is 8.25. The van der Waals surface area contributed by atoms with Crippen molar-refractivity contribution in [3.05, 3.63) is 36.0 Å². The predicted molar refractivity (Wildman–Crippen MR) is 143 cm³/mol. The van der Waals surface area contributed by atoms with Gasteiger partial charge in [-0.1, -0.05) is 18.2 Å². The first-order valence-electron chi connectivity index (χ1n) is 11.3. The summed E-state index contributed by atoms with van der Waals surface area (Å²) in [7, 11) is 0. The Morgan fingerprint density at radius 1 is 1.00 bits per heavy atom. The van der Waals surface area contributed by atoms with Gasteiger partial charge in [0, 0.05) is 29.3 Å². The number of thioether (sulfide) groups is 1. The van der Waals surface area contributed by atoms with Crippen LogP contribution in [0.15, 0.2) is 30.5 Å². The largest absolute Gasteiger partial charge is 0.481 e. The van der Waals surface area contributed by atoms with Crippen LogP contribution >= 0.6 is 24.4 Å². The number of carboxylic acids is 2. The Bertz CT molecular complexity index is 1130. The molecule has 3 amide bonds. The summed E-state index contributed by atoms with van der Waals surface area (Å²) >= 11 is 5.56. The lowest BCUT2D eigenvalue weighted by molar-refractivity contribution is -0.143. The Morgan fingerprint density at radius 2 is 1.62 bits per heavy atom. The van der Waals surface area contributed by atoms with Gasteiger partial charge in [0.1, 0.15) is 18.1 Å². The van der Waals surface area contributed by atoms with E-state index < -0.39 is 60.2 Å². The van der Waals surface area contributed by atoms with Gasteiger partial charge in [-0.25, -0.2) is 4.79 Å². The molecule has 0 aliphatic heterocycles. The van der Waals surface area contributed by atoms with E-state index in [1.54, 1.807) is 18.3 Å². The van der Waals surface area contributed by atoms with Gasteiger partial charge in [-0.15, -0.1) is 0 Å². The van der Waals surface area contributed by atoms with E-state index >= 15 is 0 Å². The summed E-state index contributed by atoms with van der Waals surface area (Å²) in [5.41, 5.74) is 7.24. The predicted octanol–water partition coefficient (Wildman–Crippen LogP) is -0.266. The van der Waals surface area contributed by atoms with Crippen molar-refractivity contribution in [3.63, 3.8) is 0 Å². The molecule has 1 aromatic carbocycles. The molecule has 1 aromatic heterocycles. The van der Waals surface area contributed by atoms with Gasteiger partial charge in [0.15, 0.2) is 0 Å². The van der Waals surface area contributed by atoms with E-state index in [9.17, 15) is 34.2 Å². The number of H-pyrrole nitrogens is 1. The molecule has 8 N–H and O–H groups in total. The Balaban J connectivity index is 2.11. The van der Waals surface area contributed by atoms with E-state index in [0.29, 0.717) is 17.7 Å². The van der Waals surface area contributed by atoms with Crippen LogP contribution in [-0.4, -0.2) is 86.8 Å². The fourth-order valence-corrected chi connectivity index (χ4v) is 4.24. The number of nitrogens with one attached hydrogen (secondary N) is 4. The van der Waals surface area contributed by atoms with Gasteiger partial charge in [0.2, 0.25) is 17.7 Å². The Kier molecular flexibility index (Phi) is 11.8. The van der Waals surface area contributed by atoms with Crippen LogP contribution in [0.2, 0.25) is 0 Å². The summed E-state index contributed by atoms with van der Waals surface area (Å²) in [5, 5.41) is 26.7. The number of thiol groups is 1. The van der Waals surface area contributed by atoms with Crippen molar-refractivity contribution >= 4 is 65.0 Å². The molecule has 2 aromatic rings. The van der Waals surface area contributed by atoms with Crippen molar-refractivity contribution in [3.8, 4) is 0 Å². The first-order valence-corrected chi connectivity index (χ1v) is 13.4. The normalized spacial score (nSPS) is 14.2. The topological polar surface area (TPSA) is 204 Å². The standard InChI is InChI=1S/C23H31N5O7S2/c1-37-7-6-14(24)20(31)28-18(11-36)22(33)26-16(9-19(29)30)21(32)27-17(23(34)35)8-12-10-25-15-5-3-2-4-13(12)15/h2-5,10,14,16-18,25,36H,6-9,11,24H2,1H3,(H,26,33)(H,27,32)(H,28,31)(H,29,30)(H,34,35). The minimum atomic E-state index is -1.60. The second kappa shape index (κ2) is 14.5. The van der Waals surface area contributed by atoms with Crippen molar-refractivity contribution in [2.75, 3.05) is 17.8 Å². The second-order valence-corrected chi connectivity index (χ2v) is 9.60. The number of carboxylic acid groups (broad SMARTS) is 2. The molecular formula is C23H31N5O7S2. The number of aliphatic carboxylic acids is 2. The lowest BCUT2D eigenvalue weighted by Gasteiger charge is -2.24. The van der Waals surface area contributed by atoms with Crippen molar-refractivity contribution in [2.45, 2.75) is 43.4 Å². The zero-order valence-corrected chi connectivity index (χ0v) is 21.8. The van der Waals surface area contributed by atoms with Crippen LogP contribution in [0, 0.1) is 0 Å². The average molecular weight is 554 g/mol. The highest BCUT2D eigenvalue weighted by Crippen LogP contribution is 2.19. The molecule has 0 spiro atoms. The molecule has 0 bridgehead atoms. The van der Waals surface area contributed by atoms with Crippen LogP contribution in [0.3, 0.4) is 0 Å². The minimum Gasteiger partial charge on any atom is -0.481 e. The third-order valence-corrected chi connectivity index (χ3v) is 6.52. The fraction of sp³-hybridized carbons (Fsp3) is 0.435. The number of fused-ring (bicyclic) bond motifs is 1. The number of aromatic amines is 1. The van der Waals surface area contributed by atoms with Crippen LogP contribution in [0.4, 0.5) is 0 Å². The summed E-state index contributed by atoms with van der Waals surface area (Å²) in [4.78, 5) is 64.2. The quantitative estimate of drug-likeness (QED) is 0.137. The van der Waals surface area contributed by atoms with Crippen molar-refractivity contribution < 1.29 is 34.2 Å². The van der Waals surface area contributed by atoms with E-state index in [1.807, 2.05) is 18.4 Å². The molecule has 12 nitrogen and oxygen atoms in total. The van der Waals surface area contributed by atoms with Crippen molar-refractivity contribution in [2.24, 2.45) is 5.73 Å². The summed E-state index contributed by atoms with van der Waals surface area (Å²) < 4.78 is 0. The smallest absolute Gasteiger partial charge is 0.326 e. The van der Waals surface area contributed by atoms with Crippen LogP contribution < -0.4 is 21.7 Å². The Morgan fingerprint density at radius 3 is 2.24 bits per heavy atom. The molecular weight excluding hydrogens is 522 g/mol. The molecule has 4 unspecified atom stereocenters. The molecule has 37 heavy (non-hydrogen) atoms. The molecule has 0 saturated heterocycles. The summed E-state index contributed by atoms with van der Waals surface area (Å²) in [6, 6.07) is 2.18. The minimum absolute atomic E-state index is 0.0813. The van der Waals surface area contributed by atoms with E-state index in [-0.39, 0.29) is 12.2 Å². The highest BCUT2D eigenvalue weighted by atomic mass is 32.2. The van der Waals surface area contributed by atoms with Crippen LogP contribution in [0.25, 0.3) is 10.9 Å². The zero-order valence-electron chi connectivity index (χ0n) is 20.1. The van der Waals surface area contributed by atoms with Crippen LogP contribution in [0.5, 0.6) is 0 Å². The molecule has 0 fully saturated rings. The van der Waals surface area contributed by atoms with E-state index in [1.165, 1.54) is 11.8 Å². The summed E-state index contributed by atoms with van der Waals surface area (Å²) in [6.07, 6.45) is 2.98. The number of benzene rings is 1. The van der Waals surface area contributed by atoms with Crippen LogP contribution in [0.1, 0.15) is 18.4 Å². The molecule has 0 aliphatic carbocycles. The summed E-state index contributed by atoms with van der Waals surface area (Å²) in [6.45, 7) is 0. The van der Waals surface area contributed by atoms with E-state index in [4.69, 9.17) is 5.73 Å². The SMILES string of the molecule is CSCCC(N)C(=O)NC(CS)C(=O)NC(CC(=O)O)C(=O)NC(Cc1c[nH]c2ccccc12)C(=O)O. The lowest BCUT2D eigenvalue weighted by atomic mass is 10.0. The van der Waals surface area contributed by atoms with Gasteiger partial charge in [-0.3, -0.25) is 19.2 Å². The highest BCUT2D eigenvalue weighted by molar-refractivity contribution is 7.98. The van der Waals surface area contributed by atoms with Gasteiger partial charge in [-0.2, -0.15) is 24.4 Å². The van der Waals surface area contributed by atoms with Gasteiger partial charge < -0.3 is 36.9 Å². The third kappa shape index (κ3) is 8.98. The molecule has 2 rings (SSSR count). The Labute approximate surface area is 222 Å². The first-order chi connectivity index (χ1) is 17.6. The number of carbonyl (C=O) groups is 5. The maximum Gasteiger partial charge on any atom is 0.326 e. The maximum atomic E-state index is 12.9. The number of para-hydroxylation sites is 1. The number of nitrogens with two attached hydrogens (primary N) is 1. The highest BCUT2D eigenvalue weighted by Gasteiger charge is 2.31. The number of carbonyl (C=O) groups excluding carboxylic acids is 3. The fourth-order valence-electron chi connectivity index (χ4n) is 3.50. The molecule has 14 heteroatoms. The number of rotatable bonds is 15. The molecule has 0 aliphatic rings. The number of hydrogen-bond donors (Lipinski definition) is 8. The first kappa shape index (κ1) is 30.0. The van der Waals surface area contributed by atoms with E-state index in [0.717, 1.165) is 10.9 Å². The zero-order chi connectivity index (χ0) is 27.5. The molecule has 0 radical (unpaired) electrons. The number of aromatic nitrogens is 1. The lowest BCUT2D eigenvalue weighted by Crippen LogP contribution is -2.58. The number of amides is 3. The summed E-state index contributed by atoms with van der Waals surface area (Å²) in [5.74, 6) is -4.68. The van der Waals surface area contributed by atoms with E-state index in [2.05, 4.69) is 33.6 Å². The van der Waals surface area contributed by atoms with Gasteiger partial charge in [-0.05, 0) is 30.1 Å². The molecule has 0 saturated carbocycles. The average Bonchev–Trinajstić information content (AvgIpc) is 3.27. The van der Waals surface area contributed by atoms with Gasteiger partial charge in [0.05, 0.1) is 12.5 Å². The maximum absolute atomic E-state index is 12.9. The van der Waals surface area contributed by atoms with Crippen molar-refractivity contribution in [1.29, 1.82) is 0 Å².